The molecule has 0 fully saturated rings. The van der Waals surface area contributed by atoms with Gasteiger partial charge in [-0.05, 0) is 48.4 Å². The van der Waals surface area contributed by atoms with Crippen LogP contribution in [0, 0.1) is 30.2 Å². The van der Waals surface area contributed by atoms with Gasteiger partial charge in [0.25, 0.3) is 0 Å². The Balaban J connectivity index is 2.17. The molecule has 0 spiro atoms. The Morgan fingerprint density at radius 3 is 1.60 bits per heavy atom. The van der Waals surface area contributed by atoms with Crippen molar-refractivity contribution in [3.8, 4) is 33.8 Å². The van der Waals surface area contributed by atoms with E-state index in [1.165, 1.54) is 12.3 Å². The fraction of sp³-hybridized carbons (Fsp3) is 0.0556. The average Bonchev–Trinajstić information content (AvgIpc) is 2.57. The van der Waals surface area contributed by atoms with Gasteiger partial charge in [-0.15, -0.1) is 0 Å². The maximum Gasteiger partial charge on any atom is 0.187 e. The lowest BCUT2D eigenvalue weighted by Crippen LogP contribution is -1.93. The molecule has 0 atom stereocenters. The van der Waals surface area contributed by atoms with Crippen molar-refractivity contribution < 1.29 is 27.8 Å². The lowest BCUT2D eigenvalue weighted by atomic mass is 9.99. The molecule has 0 saturated heterocycles. The highest BCUT2D eigenvalue weighted by Crippen LogP contribution is 2.33. The molecule has 25 heavy (non-hydrogen) atoms. The van der Waals surface area contributed by atoms with Crippen molar-refractivity contribution in [1.29, 1.82) is 0 Å². The topological polar surface area (TPSA) is 53.4 Å². The van der Waals surface area contributed by atoms with E-state index in [9.17, 15) is 22.7 Å². The Hall–Kier alpha value is -3.09. The van der Waals surface area contributed by atoms with Gasteiger partial charge in [0.2, 0.25) is 0 Å². The fourth-order valence-corrected chi connectivity index (χ4v) is 2.44. The zero-order valence-corrected chi connectivity index (χ0v) is 12.8. The molecular formula is C18H11F4NO2. The summed E-state index contributed by atoms with van der Waals surface area (Å²) in [7, 11) is 0. The van der Waals surface area contributed by atoms with Crippen LogP contribution in [-0.2, 0) is 0 Å². The van der Waals surface area contributed by atoms with E-state index in [1.807, 2.05) is 0 Å². The smallest absolute Gasteiger partial charge is 0.187 e. The number of phenols is 2. The van der Waals surface area contributed by atoms with Gasteiger partial charge in [-0.1, -0.05) is 0 Å². The van der Waals surface area contributed by atoms with Crippen LogP contribution in [0.1, 0.15) is 5.69 Å². The number of aryl methyl sites for hydroxylation is 1. The largest absolute Gasteiger partial charge is 0.503 e. The molecule has 1 heterocycles. The van der Waals surface area contributed by atoms with Gasteiger partial charge in [0.1, 0.15) is 0 Å². The van der Waals surface area contributed by atoms with Crippen molar-refractivity contribution in [2.75, 3.05) is 0 Å². The van der Waals surface area contributed by atoms with E-state index in [4.69, 9.17) is 5.11 Å². The van der Waals surface area contributed by atoms with E-state index in [1.54, 1.807) is 6.92 Å². The van der Waals surface area contributed by atoms with Crippen LogP contribution >= 0.6 is 0 Å². The monoisotopic (exact) mass is 349 g/mol. The number of hydrogen-bond donors (Lipinski definition) is 2. The Morgan fingerprint density at radius 2 is 1.12 bits per heavy atom. The van der Waals surface area contributed by atoms with Crippen LogP contribution in [0.4, 0.5) is 17.6 Å². The lowest BCUT2D eigenvalue weighted by Gasteiger charge is -2.10. The van der Waals surface area contributed by atoms with E-state index in [0.29, 0.717) is 11.3 Å². The van der Waals surface area contributed by atoms with Gasteiger partial charge in [0.05, 0.1) is 0 Å². The minimum Gasteiger partial charge on any atom is -0.503 e. The summed E-state index contributed by atoms with van der Waals surface area (Å²) >= 11 is 0. The first-order valence-corrected chi connectivity index (χ1v) is 7.11. The first-order chi connectivity index (χ1) is 11.8. The lowest BCUT2D eigenvalue weighted by molar-refractivity contribution is 0.396. The summed E-state index contributed by atoms with van der Waals surface area (Å²) < 4.78 is 54.3. The third-order valence-electron chi connectivity index (χ3n) is 3.77. The summed E-state index contributed by atoms with van der Waals surface area (Å²) in [5, 5.41) is 18.4. The second-order valence-corrected chi connectivity index (χ2v) is 5.43. The molecule has 0 aliphatic rings. The van der Waals surface area contributed by atoms with Gasteiger partial charge in [0.15, 0.2) is 34.8 Å². The van der Waals surface area contributed by atoms with E-state index in [0.717, 1.165) is 24.3 Å². The van der Waals surface area contributed by atoms with Crippen LogP contribution in [0.2, 0.25) is 0 Å². The number of halogens is 4. The Bertz CT molecular complexity index is 943. The number of nitrogens with zero attached hydrogens (tertiary/aromatic N) is 1. The van der Waals surface area contributed by atoms with Crippen molar-refractivity contribution in [3.63, 3.8) is 0 Å². The maximum atomic E-state index is 13.6. The normalized spacial score (nSPS) is 10.9. The first-order valence-electron chi connectivity index (χ1n) is 7.11. The van der Waals surface area contributed by atoms with E-state index in [-0.39, 0.29) is 16.7 Å². The Labute approximate surface area is 139 Å². The van der Waals surface area contributed by atoms with Gasteiger partial charge in [-0.2, -0.15) is 0 Å². The predicted molar refractivity (Wildman–Crippen MR) is 83.0 cm³/mol. The third-order valence-corrected chi connectivity index (χ3v) is 3.77. The maximum absolute atomic E-state index is 13.6. The highest BCUT2D eigenvalue weighted by atomic mass is 19.1. The van der Waals surface area contributed by atoms with E-state index >= 15 is 0 Å². The molecule has 2 aromatic carbocycles. The quantitative estimate of drug-likeness (QED) is 0.660. The van der Waals surface area contributed by atoms with Crippen molar-refractivity contribution in [2.45, 2.75) is 6.92 Å². The number of hydrogen-bond acceptors (Lipinski definition) is 3. The van der Waals surface area contributed by atoms with Crippen LogP contribution in [0.3, 0.4) is 0 Å². The number of aromatic hydroxyl groups is 2. The van der Waals surface area contributed by atoms with Crippen molar-refractivity contribution >= 4 is 0 Å². The van der Waals surface area contributed by atoms with Gasteiger partial charge in [0, 0.05) is 23.0 Å². The summed E-state index contributed by atoms with van der Waals surface area (Å²) in [6.45, 7) is 1.60. The predicted octanol–water partition coefficient (Wildman–Crippen LogP) is 4.69. The summed E-state index contributed by atoms with van der Waals surface area (Å²) in [6, 6.07) is 5.17. The summed E-state index contributed by atoms with van der Waals surface area (Å²) in [6.07, 6.45) is 1.34. The Morgan fingerprint density at radius 1 is 0.680 bits per heavy atom. The van der Waals surface area contributed by atoms with E-state index < -0.39 is 34.8 Å². The van der Waals surface area contributed by atoms with Gasteiger partial charge >= 0.3 is 0 Å². The number of pyridine rings is 1. The van der Waals surface area contributed by atoms with Gasteiger partial charge in [-0.3, -0.25) is 4.98 Å². The van der Waals surface area contributed by atoms with Crippen LogP contribution in [0.15, 0.2) is 36.5 Å². The van der Waals surface area contributed by atoms with Crippen molar-refractivity contribution in [1.82, 2.24) is 4.98 Å². The highest BCUT2D eigenvalue weighted by Gasteiger charge is 2.15. The average molecular weight is 349 g/mol. The molecule has 2 N–H and O–H groups in total. The number of benzene rings is 2. The molecule has 0 bridgehead atoms. The molecule has 1 aromatic heterocycles. The van der Waals surface area contributed by atoms with Crippen LogP contribution in [-0.4, -0.2) is 15.2 Å². The number of rotatable bonds is 2. The van der Waals surface area contributed by atoms with Crippen LogP contribution in [0.5, 0.6) is 11.5 Å². The summed E-state index contributed by atoms with van der Waals surface area (Å²) in [4.78, 5) is 4.08. The second kappa shape index (κ2) is 6.08. The molecule has 0 unspecified atom stereocenters. The van der Waals surface area contributed by atoms with Gasteiger partial charge < -0.3 is 10.2 Å². The molecule has 0 radical (unpaired) electrons. The summed E-state index contributed by atoms with van der Waals surface area (Å²) in [5.74, 6) is -6.74. The van der Waals surface area contributed by atoms with Crippen molar-refractivity contribution in [3.05, 3.63) is 65.5 Å². The SMILES string of the molecule is Cc1ncc(-c2cc(F)c(O)c(F)c2)cc1-c1cc(F)c(O)c(F)c1. The zero-order chi connectivity index (χ0) is 18.3. The standard InChI is InChI=1S/C18H11F4NO2/c1-8-12(10-5-15(21)18(25)16(22)6-10)2-11(7-23-8)9-3-13(19)17(24)14(20)4-9/h2-7,24-25H,1H3. The minimum absolute atomic E-state index is 0.0984. The highest BCUT2D eigenvalue weighted by molar-refractivity contribution is 5.74. The zero-order valence-electron chi connectivity index (χ0n) is 12.8. The Kier molecular flexibility index (Phi) is 4.08. The number of aromatic nitrogens is 1. The molecule has 0 aliphatic carbocycles. The molecule has 0 saturated carbocycles. The molecule has 0 amide bonds. The van der Waals surface area contributed by atoms with Crippen molar-refractivity contribution in [2.24, 2.45) is 0 Å². The molecule has 0 aliphatic heterocycles. The number of phenolic OH excluding ortho intramolecular Hbond substituents is 2. The fourth-order valence-electron chi connectivity index (χ4n) is 2.44. The molecular weight excluding hydrogens is 338 g/mol. The molecule has 3 nitrogen and oxygen atoms in total. The third kappa shape index (κ3) is 3.00. The molecule has 3 rings (SSSR count). The molecule has 128 valence electrons. The van der Waals surface area contributed by atoms with Crippen LogP contribution < -0.4 is 0 Å². The van der Waals surface area contributed by atoms with Gasteiger partial charge in [-0.25, -0.2) is 17.6 Å². The van der Waals surface area contributed by atoms with Crippen LogP contribution in [0.25, 0.3) is 22.3 Å². The van der Waals surface area contributed by atoms with E-state index in [2.05, 4.69) is 4.98 Å². The second-order valence-electron chi connectivity index (χ2n) is 5.43. The summed E-state index contributed by atoms with van der Waals surface area (Å²) in [5.41, 5.74) is 1.24. The molecule has 3 aromatic rings. The molecule has 7 heteroatoms. The first kappa shape index (κ1) is 16.8. The minimum atomic E-state index is -1.14.